The second-order valence-corrected chi connectivity index (χ2v) is 15.3. The lowest BCUT2D eigenvalue weighted by Gasteiger charge is -2.18. The van der Waals surface area contributed by atoms with Gasteiger partial charge in [0.25, 0.3) is 0 Å². The highest BCUT2D eigenvalue weighted by molar-refractivity contribution is 5.71. The minimum Gasteiger partial charge on any atom is -0.462 e. The van der Waals surface area contributed by atoms with E-state index in [4.69, 9.17) is 14.2 Å². The third kappa shape index (κ3) is 45.3. The van der Waals surface area contributed by atoms with Crippen molar-refractivity contribution in [3.63, 3.8) is 0 Å². The minimum atomic E-state index is -0.804. The van der Waals surface area contributed by atoms with Crippen LogP contribution in [0.25, 0.3) is 0 Å². The fraction of sp³-hybridized carbons (Fsp3) is 0.642. The zero-order valence-electron chi connectivity index (χ0n) is 38.0. The van der Waals surface area contributed by atoms with Crippen molar-refractivity contribution in [2.24, 2.45) is 0 Å². The van der Waals surface area contributed by atoms with E-state index in [1.807, 2.05) is 6.08 Å². The highest BCUT2D eigenvalue weighted by Gasteiger charge is 2.19. The van der Waals surface area contributed by atoms with Crippen LogP contribution < -0.4 is 0 Å². The van der Waals surface area contributed by atoms with Crippen LogP contribution in [0, 0.1) is 0 Å². The molecule has 1 unspecified atom stereocenters. The fourth-order valence-corrected chi connectivity index (χ4v) is 6.08. The van der Waals surface area contributed by atoms with Gasteiger partial charge in [-0.15, -0.1) is 0 Å². The Hall–Kier alpha value is -3.67. The quantitative estimate of drug-likeness (QED) is 0.0201. The van der Waals surface area contributed by atoms with Gasteiger partial charge in [0.1, 0.15) is 13.2 Å². The molecule has 1 atom stereocenters. The molecule has 334 valence electrons. The Kier molecular flexibility index (Phi) is 44.1. The van der Waals surface area contributed by atoms with E-state index < -0.39 is 6.10 Å². The summed E-state index contributed by atoms with van der Waals surface area (Å²) in [6.45, 7) is 6.28. The maximum Gasteiger partial charge on any atom is 0.306 e. The SMILES string of the molecule is CC\C=C/C=C\C=C/CCCCCCCC(=O)OC(COC(=O)CCC/C=C\CCCCCC)COC(=O)CCCCCCCC/C=C\C/C=C\C/C=C\C/C=C\CC. The molecule has 0 fully saturated rings. The third-order valence-electron chi connectivity index (χ3n) is 9.61. The number of hydrogen-bond donors (Lipinski definition) is 0. The van der Waals surface area contributed by atoms with Crippen LogP contribution in [0.1, 0.15) is 201 Å². The minimum absolute atomic E-state index is 0.104. The average molecular weight is 819 g/mol. The number of allylic oxidation sites excluding steroid dienone is 16. The van der Waals surface area contributed by atoms with Crippen LogP contribution in [-0.2, 0) is 28.6 Å². The zero-order valence-corrected chi connectivity index (χ0v) is 38.0. The summed E-state index contributed by atoms with van der Waals surface area (Å²) in [4.78, 5) is 37.7. The van der Waals surface area contributed by atoms with Crippen molar-refractivity contribution in [1.82, 2.24) is 0 Å². The van der Waals surface area contributed by atoms with E-state index in [-0.39, 0.29) is 31.1 Å². The topological polar surface area (TPSA) is 78.9 Å². The lowest BCUT2D eigenvalue weighted by molar-refractivity contribution is -0.167. The van der Waals surface area contributed by atoms with Crippen LogP contribution in [-0.4, -0.2) is 37.2 Å². The van der Waals surface area contributed by atoms with E-state index in [2.05, 4.69) is 112 Å². The first-order chi connectivity index (χ1) is 29.0. The number of carbonyl (C=O) groups excluding carboxylic acids is 3. The molecule has 0 aliphatic carbocycles. The zero-order chi connectivity index (χ0) is 43.0. The van der Waals surface area contributed by atoms with Crippen LogP contribution in [0.5, 0.6) is 0 Å². The van der Waals surface area contributed by atoms with Gasteiger partial charge in [-0.1, -0.05) is 182 Å². The summed E-state index contributed by atoms with van der Waals surface area (Å²) in [5.41, 5.74) is 0. The van der Waals surface area contributed by atoms with Crippen molar-refractivity contribution >= 4 is 17.9 Å². The maximum atomic E-state index is 12.7. The van der Waals surface area contributed by atoms with Crippen LogP contribution in [0.2, 0.25) is 0 Å². The Morgan fingerprint density at radius 3 is 1.31 bits per heavy atom. The normalized spacial score (nSPS) is 12.9. The van der Waals surface area contributed by atoms with Crippen LogP contribution in [0.3, 0.4) is 0 Å². The van der Waals surface area contributed by atoms with E-state index in [0.29, 0.717) is 25.7 Å². The lowest BCUT2D eigenvalue weighted by atomic mass is 10.1. The van der Waals surface area contributed by atoms with Gasteiger partial charge < -0.3 is 14.2 Å². The highest BCUT2D eigenvalue weighted by Crippen LogP contribution is 2.12. The van der Waals surface area contributed by atoms with E-state index in [0.717, 1.165) is 116 Å². The molecule has 0 aromatic carbocycles. The molecule has 0 amide bonds. The Labute approximate surface area is 362 Å². The predicted octanol–water partition coefficient (Wildman–Crippen LogP) is 15.4. The van der Waals surface area contributed by atoms with E-state index in [1.54, 1.807) is 0 Å². The van der Waals surface area contributed by atoms with Crippen molar-refractivity contribution in [3.8, 4) is 0 Å². The second kappa shape index (κ2) is 47.0. The Balaban J connectivity index is 4.41. The number of ether oxygens (including phenoxy) is 3. The summed E-state index contributed by atoms with van der Waals surface area (Å²) in [5.74, 6) is -0.983. The molecule has 0 heterocycles. The summed E-state index contributed by atoms with van der Waals surface area (Å²) in [5, 5.41) is 0. The molecule has 0 aromatic rings. The Bertz CT molecular complexity index is 1220. The molecule has 0 N–H and O–H groups in total. The molecule has 0 rings (SSSR count). The number of esters is 3. The molecule has 0 aliphatic rings. The first-order valence-corrected chi connectivity index (χ1v) is 23.8. The first kappa shape index (κ1) is 55.3. The average Bonchev–Trinajstić information content (AvgIpc) is 3.23. The van der Waals surface area contributed by atoms with Crippen LogP contribution in [0.15, 0.2) is 97.2 Å². The standard InChI is InChI=1S/C53H86O6/c1-4-7-10-13-16-19-21-23-24-25-26-27-28-30-31-34-37-40-43-46-52(55)58-49-50(48-57-51(54)45-42-39-36-33-18-15-12-9-6-3)59-53(56)47-44-41-38-35-32-29-22-20-17-14-11-8-5-2/h7-8,10-11,14,16-17,19-20,22-24,26-27,33,36,50H,4-6,9,12-13,15,18,21,25,28-32,34-35,37-49H2,1-3H3/b10-7-,11-8-,17-14-,19-16-,22-20-,24-23-,27-26-,36-33-. The van der Waals surface area contributed by atoms with Crippen molar-refractivity contribution in [2.75, 3.05) is 13.2 Å². The number of unbranched alkanes of at least 4 members (excludes halogenated alkanes) is 16. The Morgan fingerprint density at radius 2 is 0.763 bits per heavy atom. The van der Waals surface area contributed by atoms with Gasteiger partial charge in [-0.05, 0) is 96.3 Å². The smallest absolute Gasteiger partial charge is 0.306 e. The van der Waals surface area contributed by atoms with E-state index in [9.17, 15) is 14.4 Å². The summed E-state index contributed by atoms with van der Waals surface area (Å²) in [6.07, 6.45) is 61.1. The van der Waals surface area contributed by atoms with E-state index in [1.165, 1.54) is 38.5 Å². The van der Waals surface area contributed by atoms with Gasteiger partial charge >= 0.3 is 17.9 Å². The highest BCUT2D eigenvalue weighted by atomic mass is 16.6. The van der Waals surface area contributed by atoms with Crippen molar-refractivity contribution in [3.05, 3.63) is 97.2 Å². The van der Waals surface area contributed by atoms with Crippen molar-refractivity contribution < 1.29 is 28.6 Å². The summed E-state index contributed by atoms with van der Waals surface area (Å²) in [7, 11) is 0. The maximum absolute atomic E-state index is 12.7. The molecular weight excluding hydrogens is 733 g/mol. The third-order valence-corrected chi connectivity index (χ3v) is 9.61. The summed E-state index contributed by atoms with van der Waals surface area (Å²) >= 11 is 0. The van der Waals surface area contributed by atoms with Gasteiger partial charge in [0, 0.05) is 19.3 Å². The van der Waals surface area contributed by atoms with Crippen molar-refractivity contribution in [2.45, 2.75) is 207 Å². The summed E-state index contributed by atoms with van der Waals surface area (Å²) in [6, 6.07) is 0. The fourth-order valence-electron chi connectivity index (χ4n) is 6.08. The molecule has 0 aliphatic heterocycles. The van der Waals surface area contributed by atoms with Gasteiger partial charge in [-0.2, -0.15) is 0 Å². The molecular formula is C53H86O6. The van der Waals surface area contributed by atoms with Gasteiger partial charge in [-0.25, -0.2) is 0 Å². The van der Waals surface area contributed by atoms with Gasteiger partial charge in [0.2, 0.25) is 0 Å². The second-order valence-electron chi connectivity index (χ2n) is 15.3. The van der Waals surface area contributed by atoms with Crippen molar-refractivity contribution in [1.29, 1.82) is 0 Å². The number of rotatable bonds is 41. The molecule has 59 heavy (non-hydrogen) atoms. The van der Waals surface area contributed by atoms with Crippen LogP contribution in [0.4, 0.5) is 0 Å². The molecule has 0 saturated heterocycles. The molecule has 6 heteroatoms. The number of carbonyl (C=O) groups is 3. The molecule has 0 bridgehead atoms. The molecule has 0 radical (unpaired) electrons. The Morgan fingerprint density at radius 1 is 0.373 bits per heavy atom. The molecule has 0 aromatic heterocycles. The van der Waals surface area contributed by atoms with Crippen LogP contribution >= 0.6 is 0 Å². The molecule has 6 nitrogen and oxygen atoms in total. The molecule has 0 spiro atoms. The first-order valence-electron chi connectivity index (χ1n) is 23.8. The summed E-state index contributed by atoms with van der Waals surface area (Å²) < 4.78 is 16.7. The van der Waals surface area contributed by atoms with E-state index >= 15 is 0 Å². The molecule has 0 saturated carbocycles. The van der Waals surface area contributed by atoms with Gasteiger partial charge in [0.15, 0.2) is 6.10 Å². The monoisotopic (exact) mass is 819 g/mol. The lowest BCUT2D eigenvalue weighted by Crippen LogP contribution is -2.30. The van der Waals surface area contributed by atoms with Gasteiger partial charge in [0.05, 0.1) is 0 Å². The number of hydrogen-bond acceptors (Lipinski definition) is 6. The predicted molar refractivity (Wildman–Crippen MR) is 251 cm³/mol. The largest absolute Gasteiger partial charge is 0.462 e. The van der Waals surface area contributed by atoms with Gasteiger partial charge in [-0.3, -0.25) is 14.4 Å².